The second-order valence-electron chi connectivity index (χ2n) is 6.93. The fraction of sp³-hybridized carbons (Fsp3) is 0.286. The maximum atomic E-state index is 12.9. The third-order valence-corrected chi connectivity index (χ3v) is 5.39. The number of Topliss-reactive ketones (excluding diaryl/α,β-unsaturated/α-hetero) is 1. The number of ketones is 1. The lowest BCUT2D eigenvalue weighted by molar-refractivity contribution is -0.140. The van der Waals surface area contributed by atoms with Gasteiger partial charge in [0.2, 0.25) is 0 Å². The number of nitrogens with zero attached hydrogens (tertiary/aromatic N) is 3. The van der Waals surface area contributed by atoms with Gasteiger partial charge in [-0.2, -0.15) is 0 Å². The maximum absolute atomic E-state index is 12.9. The van der Waals surface area contributed by atoms with Gasteiger partial charge in [-0.05, 0) is 65.9 Å². The zero-order chi connectivity index (χ0) is 21.1. The molecule has 2 aromatic rings. The number of hydrogen-bond donors (Lipinski definition) is 1. The molecular formula is C21H22BrN3O4. The number of hydrogen-bond acceptors (Lipinski definition) is 6. The summed E-state index contributed by atoms with van der Waals surface area (Å²) in [5.41, 5.74) is 1.20. The van der Waals surface area contributed by atoms with E-state index in [1.165, 1.54) is 4.90 Å². The molecule has 152 valence electrons. The first-order valence-electron chi connectivity index (χ1n) is 9.02. The molecule has 7 nitrogen and oxygen atoms in total. The van der Waals surface area contributed by atoms with Crippen LogP contribution < -0.4 is 4.74 Å². The molecule has 1 saturated heterocycles. The topological polar surface area (TPSA) is 83.0 Å². The van der Waals surface area contributed by atoms with Gasteiger partial charge >= 0.3 is 0 Å². The fourth-order valence-corrected chi connectivity index (χ4v) is 3.82. The predicted octanol–water partition coefficient (Wildman–Crippen LogP) is 2.84. The Morgan fingerprint density at radius 2 is 1.93 bits per heavy atom. The largest absolute Gasteiger partial charge is 0.507 e. The number of methoxy groups -OCH3 is 1. The number of pyridine rings is 1. The van der Waals surface area contributed by atoms with Gasteiger partial charge in [0.25, 0.3) is 11.7 Å². The van der Waals surface area contributed by atoms with Crippen molar-refractivity contribution in [2.24, 2.45) is 0 Å². The highest BCUT2D eigenvalue weighted by Crippen LogP contribution is 2.39. The van der Waals surface area contributed by atoms with Crippen LogP contribution in [-0.4, -0.2) is 65.9 Å². The van der Waals surface area contributed by atoms with Crippen LogP contribution in [-0.2, 0) is 9.59 Å². The zero-order valence-corrected chi connectivity index (χ0v) is 18.0. The molecule has 8 heteroatoms. The van der Waals surface area contributed by atoms with Gasteiger partial charge < -0.3 is 19.6 Å². The van der Waals surface area contributed by atoms with Gasteiger partial charge in [0.1, 0.15) is 11.5 Å². The molecule has 1 unspecified atom stereocenters. The van der Waals surface area contributed by atoms with Crippen molar-refractivity contribution in [1.82, 2.24) is 14.8 Å². The number of aromatic nitrogens is 1. The Morgan fingerprint density at radius 1 is 1.24 bits per heavy atom. The number of rotatable bonds is 6. The number of aliphatic hydroxyl groups is 1. The number of ether oxygens (including phenoxy) is 1. The third-order valence-electron chi connectivity index (χ3n) is 4.78. The minimum atomic E-state index is -0.699. The van der Waals surface area contributed by atoms with E-state index in [0.29, 0.717) is 34.4 Å². The number of carbonyl (C=O) groups excluding carboxylic acids is 2. The lowest BCUT2D eigenvalue weighted by Gasteiger charge is -2.26. The van der Waals surface area contributed by atoms with Crippen LogP contribution in [0.15, 0.2) is 52.8 Å². The average molecular weight is 460 g/mol. The summed E-state index contributed by atoms with van der Waals surface area (Å²) >= 11 is 3.39. The number of likely N-dealkylation sites (N-methyl/N-ethyl adjacent to an activating group) is 1. The molecule has 0 radical (unpaired) electrons. The molecule has 1 aliphatic rings. The van der Waals surface area contributed by atoms with E-state index < -0.39 is 17.7 Å². The molecular weight excluding hydrogens is 438 g/mol. The number of carbonyl (C=O) groups is 2. The van der Waals surface area contributed by atoms with Gasteiger partial charge in [-0.15, -0.1) is 0 Å². The third kappa shape index (κ3) is 4.18. The lowest BCUT2D eigenvalue weighted by Crippen LogP contribution is -2.35. The summed E-state index contributed by atoms with van der Waals surface area (Å²) in [6.45, 7) is 0.941. The van der Waals surface area contributed by atoms with E-state index in [-0.39, 0.29) is 11.3 Å². The summed E-state index contributed by atoms with van der Waals surface area (Å²) in [7, 11) is 5.33. The highest BCUT2D eigenvalue weighted by molar-refractivity contribution is 9.10. The van der Waals surface area contributed by atoms with Crippen molar-refractivity contribution in [2.75, 3.05) is 34.3 Å². The SMILES string of the molecule is COc1ccc(/C(O)=C2/C(=O)C(=O)N(CCN(C)C)C2c2ccncc2)cc1Br. The van der Waals surface area contributed by atoms with Crippen molar-refractivity contribution < 1.29 is 19.4 Å². The van der Waals surface area contributed by atoms with Crippen LogP contribution in [0.3, 0.4) is 0 Å². The summed E-state index contributed by atoms with van der Waals surface area (Å²) in [4.78, 5) is 33.1. The number of aliphatic hydroxyl groups excluding tert-OH is 1. The maximum Gasteiger partial charge on any atom is 0.295 e. The van der Waals surface area contributed by atoms with Crippen LogP contribution >= 0.6 is 15.9 Å². The van der Waals surface area contributed by atoms with Crippen LogP contribution in [0.2, 0.25) is 0 Å². The molecule has 29 heavy (non-hydrogen) atoms. The van der Waals surface area contributed by atoms with E-state index in [9.17, 15) is 14.7 Å². The molecule has 0 aliphatic carbocycles. The van der Waals surface area contributed by atoms with Crippen molar-refractivity contribution in [3.8, 4) is 5.75 Å². The molecule has 1 aliphatic heterocycles. The summed E-state index contributed by atoms with van der Waals surface area (Å²) in [5, 5.41) is 11.0. The Morgan fingerprint density at radius 3 is 2.52 bits per heavy atom. The van der Waals surface area contributed by atoms with E-state index >= 15 is 0 Å². The highest BCUT2D eigenvalue weighted by atomic mass is 79.9. The van der Waals surface area contributed by atoms with Gasteiger partial charge in [-0.3, -0.25) is 14.6 Å². The normalized spacial score (nSPS) is 18.5. The Bertz CT molecular complexity index is 960. The van der Waals surface area contributed by atoms with E-state index in [1.807, 2.05) is 19.0 Å². The fourth-order valence-electron chi connectivity index (χ4n) is 3.28. The minimum Gasteiger partial charge on any atom is -0.507 e. The van der Waals surface area contributed by atoms with Crippen LogP contribution in [0.25, 0.3) is 5.76 Å². The van der Waals surface area contributed by atoms with Crippen molar-refractivity contribution in [2.45, 2.75) is 6.04 Å². The average Bonchev–Trinajstić information content (AvgIpc) is 2.97. The van der Waals surface area contributed by atoms with Crippen LogP contribution in [0.5, 0.6) is 5.75 Å². The van der Waals surface area contributed by atoms with Crippen molar-refractivity contribution in [3.63, 3.8) is 0 Å². The second-order valence-corrected chi connectivity index (χ2v) is 7.78. The van der Waals surface area contributed by atoms with E-state index in [1.54, 1.807) is 49.8 Å². The molecule has 2 heterocycles. The minimum absolute atomic E-state index is 0.0667. The number of amides is 1. The molecule has 0 bridgehead atoms. The van der Waals surface area contributed by atoms with Gasteiger partial charge in [0, 0.05) is 31.0 Å². The first-order valence-corrected chi connectivity index (χ1v) is 9.81. The number of likely N-dealkylation sites (tertiary alicyclic amines) is 1. The standard InChI is InChI=1S/C21H22BrN3O4/c1-24(2)10-11-25-18(13-6-8-23-9-7-13)17(20(27)21(25)28)19(26)14-4-5-16(29-3)15(22)12-14/h4-9,12,18,26H,10-11H2,1-3H3/b19-17-. The van der Waals surface area contributed by atoms with Crippen LogP contribution in [0, 0.1) is 0 Å². The second kappa shape index (κ2) is 8.75. The van der Waals surface area contributed by atoms with Gasteiger partial charge in [-0.25, -0.2) is 0 Å². The monoisotopic (exact) mass is 459 g/mol. The van der Waals surface area contributed by atoms with Gasteiger partial charge in [0.05, 0.1) is 23.2 Å². The zero-order valence-electron chi connectivity index (χ0n) is 16.4. The number of halogens is 1. The molecule has 3 rings (SSSR count). The summed E-state index contributed by atoms with van der Waals surface area (Å²) < 4.78 is 5.85. The van der Waals surface area contributed by atoms with E-state index in [0.717, 1.165) is 0 Å². The lowest BCUT2D eigenvalue weighted by atomic mass is 9.96. The quantitative estimate of drug-likeness (QED) is 0.406. The van der Waals surface area contributed by atoms with E-state index in [2.05, 4.69) is 20.9 Å². The van der Waals surface area contributed by atoms with Crippen LogP contribution in [0.1, 0.15) is 17.2 Å². The van der Waals surface area contributed by atoms with E-state index in [4.69, 9.17) is 4.74 Å². The molecule has 1 N–H and O–H groups in total. The Labute approximate surface area is 177 Å². The molecule has 1 fully saturated rings. The van der Waals surface area contributed by atoms with Gasteiger partial charge in [0.15, 0.2) is 0 Å². The molecule has 0 saturated carbocycles. The molecule has 1 aromatic carbocycles. The molecule has 0 spiro atoms. The smallest absolute Gasteiger partial charge is 0.295 e. The predicted molar refractivity (Wildman–Crippen MR) is 112 cm³/mol. The first-order chi connectivity index (χ1) is 13.8. The Kier molecular flexibility index (Phi) is 6.34. The summed E-state index contributed by atoms with van der Waals surface area (Å²) in [5.74, 6) is -0.947. The van der Waals surface area contributed by atoms with Gasteiger partial charge in [-0.1, -0.05) is 0 Å². The van der Waals surface area contributed by atoms with Crippen molar-refractivity contribution >= 4 is 33.4 Å². The highest BCUT2D eigenvalue weighted by Gasteiger charge is 2.45. The summed E-state index contributed by atoms with van der Waals surface area (Å²) in [6.07, 6.45) is 3.21. The molecule has 1 atom stereocenters. The van der Waals surface area contributed by atoms with Crippen molar-refractivity contribution in [1.29, 1.82) is 0 Å². The van der Waals surface area contributed by atoms with Crippen LogP contribution in [0.4, 0.5) is 0 Å². The summed E-state index contributed by atoms with van der Waals surface area (Å²) in [6, 6.07) is 7.80. The molecule has 1 amide bonds. The van der Waals surface area contributed by atoms with Crippen molar-refractivity contribution in [3.05, 3.63) is 63.9 Å². The molecule has 1 aromatic heterocycles. The first kappa shape index (κ1) is 21.0. The Hall–Kier alpha value is -2.71. The number of benzene rings is 1. The Balaban J connectivity index is 2.13.